The van der Waals surface area contributed by atoms with Gasteiger partial charge in [0.1, 0.15) is 17.5 Å². The van der Waals surface area contributed by atoms with Crippen molar-refractivity contribution < 1.29 is 19.1 Å². The van der Waals surface area contributed by atoms with Crippen LogP contribution in [0.1, 0.15) is 35.3 Å². The number of ether oxygens (including phenoxy) is 2. The summed E-state index contributed by atoms with van der Waals surface area (Å²) in [6.45, 7) is 6.30. The van der Waals surface area contributed by atoms with E-state index in [2.05, 4.69) is 11.2 Å². The van der Waals surface area contributed by atoms with Crippen LogP contribution in [0.15, 0.2) is 42.5 Å². The molecule has 0 fully saturated rings. The second-order valence-corrected chi connectivity index (χ2v) is 7.68. The molecule has 0 saturated carbocycles. The Bertz CT molecular complexity index is 923. The predicted molar refractivity (Wildman–Crippen MR) is 121 cm³/mol. The first-order chi connectivity index (χ1) is 14.8. The Balaban J connectivity index is 2.24. The lowest BCUT2D eigenvalue weighted by Gasteiger charge is -2.29. The molecule has 0 aromatic heterocycles. The van der Waals surface area contributed by atoms with Gasteiger partial charge in [0.25, 0.3) is 5.91 Å². The fourth-order valence-electron chi connectivity index (χ4n) is 3.11. The SMILES string of the molecule is C#CCN(Cc1ccc(C)cc1)C(=O)C(NC(=O)c1cc(OC)cc(OC)c1)C(C)C. The highest BCUT2D eigenvalue weighted by atomic mass is 16.5. The van der Waals surface area contributed by atoms with Crippen molar-refractivity contribution in [3.63, 3.8) is 0 Å². The summed E-state index contributed by atoms with van der Waals surface area (Å²) in [7, 11) is 3.03. The Kier molecular flexibility index (Phi) is 8.51. The third kappa shape index (κ3) is 6.51. The molecule has 1 N–H and O–H groups in total. The fourth-order valence-corrected chi connectivity index (χ4v) is 3.11. The van der Waals surface area contributed by atoms with Crippen molar-refractivity contribution in [1.29, 1.82) is 0 Å². The van der Waals surface area contributed by atoms with Gasteiger partial charge in [-0.3, -0.25) is 9.59 Å². The van der Waals surface area contributed by atoms with Gasteiger partial charge in [0.2, 0.25) is 5.91 Å². The summed E-state index contributed by atoms with van der Waals surface area (Å²) in [6.07, 6.45) is 5.52. The van der Waals surface area contributed by atoms with Crippen LogP contribution in [0.3, 0.4) is 0 Å². The Morgan fingerprint density at radius 2 is 1.65 bits per heavy atom. The van der Waals surface area contributed by atoms with E-state index in [0.717, 1.165) is 11.1 Å². The first-order valence-electron chi connectivity index (χ1n) is 10.1. The summed E-state index contributed by atoms with van der Waals surface area (Å²) in [5, 5.41) is 2.86. The maximum absolute atomic E-state index is 13.3. The van der Waals surface area contributed by atoms with Gasteiger partial charge in [-0.15, -0.1) is 6.42 Å². The molecule has 0 saturated heterocycles. The molecule has 164 valence electrons. The molecule has 31 heavy (non-hydrogen) atoms. The van der Waals surface area contributed by atoms with E-state index < -0.39 is 6.04 Å². The maximum atomic E-state index is 13.3. The normalized spacial score (nSPS) is 11.4. The van der Waals surface area contributed by atoms with E-state index in [9.17, 15) is 9.59 Å². The van der Waals surface area contributed by atoms with Crippen molar-refractivity contribution in [1.82, 2.24) is 10.2 Å². The zero-order chi connectivity index (χ0) is 23.0. The zero-order valence-electron chi connectivity index (χ0n) is 18.8. The van der Waals surface area contributed by atoms with Crippen LogP contribution in [0.5, 0.6) is 11.5 Å². The summed E-state index contributed by atoms with van der Waals surface area (Å²) < 4.78 is 10.5. The Morgan fingerprint density at radius 1 is 1.06 bits per heavy atom. The third-order valence-electron chi connectivity index (χ3n) is 4.92. The van der Waals surface area contributed by atoms with E-state index in [4.69, 9.17) is 15.9 Å². The largest absolute Gasteiger partial charge is 0.497 e. The minimum absolute atomic E-state index is 0.137. The van der Waals surface area contributed by atoms with Gasteiger partial charge in [0.15, 0.2) is 0 Å². The van der Waals surface area contributed by atoms with Crippen molar-refractivity contribution >= 4 is 11.8 Å². The quantitative estimate of drug-likeness (QED) is 0.629. The van der Waals surface area contributed by atoms with Crippen LogP contribution < -0.4 is 14.8 Å². The topological polar surface area (TPSA) is 67.9 Å². The van der Waals surface area contributed by atoms with Crippen molar-refractivity contribution in [2.75, 3.05) is 20.8 Å². The molecule has 1 unspecified atom stereocenters. The second-order valence-electron chi connectivity index (χ2n) is 7.68. The number of hydrogen-bond acceptors (Lipinski definition) is 4. The number of aryl methyl sites for hydroxylation is 1. The summed E-state index contributed by atoms with van der Waals surface area (Å²) in [5.74, 6) is 2.78. The van der Waals surface area contributed by atoms with Crippen LogP contribution in [-0.2, 0) is 11.3 Å². The number of carbonyl (C=O) groups excluding carboxylic acids is 2. The average Bonchev–Trinajstić information content (AvgIpc) is 2.77. The van der Waals surface area contributed by atoms with Crippen molar-refractivity contribution in [2.24, 2.45) is 5.92 Å². The molecule has 2 aromatic rings. The highest BCUT2D eigenvalue weighted by Gasteiger charge is 2.29. The summed E-state index contributed by atoms with van der Waals surface area (Å²) in [5.41, 5.74) is 2.46. The van der Waals surface area contributed by atoms with Crippen LogP contribution in [0, 0.1) is 25.2 Å². The smallest absolute Gasteiger partial charge is 0.252 e. The number of rotatable bonds is 9. The molecule has 0 aliphatic rings. The van der Waals surface area contributed by atoms with Gasteiger partial charge in [0, 0.05) is 18.2 Å². The molecule has 0 heterocycles. The second kappa shape index (κ2) is 11.1. The molecule has 2 aromatic carbocycles. The van der Waals surface area contributed by atoms with E-state index >= 15 is 0 Å². The average molecular weight is 423 g/mol. The number of methoxy groups -OCH3 is 2. The minimum atomic E-state index is -0.733. The van der Waals surface area contributed by atoms with Gasteiger partial charge in [-0.25, -0.2) is 0 Å². The number of nitrogens with zero attached hydrogens (tertiary/aromatic N) is 1. The molecule has 2 rings (SSSR count). The zero-order valence-corrected chi connectivity index (χ0v) is 18.8. The molecule has 1 atom stereocenters. The van der Waals surface area contributed by atoms with Gasteiger partial charge < -0.3 is 19.7 Å². The number of nitrogens with one attached hydrogen (secondary N) is 1. The van der Waals surface area contributed by atoms with Gasteiger partial charge in [-0.05, 0) is 30.5 Å². The van der Waals surface area contributed by atoms with E-state index in [0.29, 0.717) is 23.6 Å². The van der Waals surface area contributed by atoms with E-state index in [1.54, 1.807) is 23.1 Å². The monoisotopic (exact) mass is 422 g/mol. The number of hydrogen-bond donors (Lipinski definition) is 1. The van der Waals surface area contributed by atoms with Gasteiger partial charge >= 0.3 is 0 Å². The molecule has 2 amide bonds. The Hall–Kier alpha value is -3.46. The summed E-state index contributed by atoms with van der Waals surface area (Å²) in [4.78, 5) is 27.9. The molecule has 0 bridgehead atoms. The van der Waals surface area contributed by atoms with E-state index in [1.165, 1.54) is 14.2 Å². The van der Waals surface area contributed by atoms with Crippen LogP contribution in [0.4, 0.5) is 0 Å². The first kappa shape index (κ1) is 23.8. The molecular weight excluding hydrogens is 392 g/mol. The maximum Gasteiger partial charge on any atom is 0.252 e. The predicted octanol–water partition coefficient (Wildman–Crippen LogP) is 3.43. The number of amides is 2. The van der Waals surface area contributed by atoms with Crippen LogP contribution in [0.25, 0.3) is 0 Å². The lowest BCUT2D eigenvalue weighted by molar-refractivity contribution is -0.134. The van der Waals surface area contributed by atoms with Gasteiger partial charge in [0.05, 0.1) is 20.8 Å². The van der Waals surface area contributed by atoms with E-state index in [-0.39, 0.29) is 24.3 Å². The van der Waals surface area contributed by atoms with Gasteiger partial charge in [-0.2, -0.15) is 0 Å². The van der Waals surface area contributed by atoms with Gasteiger partial charge in [-0.1, -0.05) is 49.6 Å². The first-order valence-corrected chi connectivity index (χ1v) is 10.1. The Morgan fingerprint density at radius 3 is 2.13 bits per heavy atom. The fraction of sp³-hybridized carbons (Fsp3) is 0.360. The van der Waals surface area contributed by atoms with Crippen LogP contribution in [0.2, 0.25) is 0 Å². The number of benzene rings is 2. The number of terminal acetylenes is 1. The Labute approximate surface area is 184 Å². The van der Waals surface area contributed by atoms with Crippen molar-refractivity contribution in [2.45, 2.75) is 33.4 Å². The van der Waals surface area contributed by atoms with E-state index in [1.807, 2.05) is 45.0 Å². The highest BCUT2D eigenvalue weighted by molar-refractivity contribution is 5.98. The van der Waals surface area contributed by atoms with Crippen molar-refractivity contribution in [3.8, 4) is 23.8 Å². The number of carbonyl (C=O) groups is 2. The third-order valence-corrected chi connectivity index (χ3v) is 4.92. The van der Waals surface area contributed by atoms with Crippen molar-refractivity contribution in [3.05, 3.63) is 59.2 Å². The minimum Gasteiger partial charge on any atom is -0.497 e. The molecule has 0 spiro atoms. The molecule has 0 aliphatic heterocycles. The van der Waals surface area contributed by atoms with Crippen LogP contribution in [-0.4, -0.2) is 43.5 Å². The summed E-state index contributed by atoms with van der Waals surface area (Å²) in [6, 6.07) is 12.1. The molecule has 0 aliphatic carbocycles. The molecule has 6 heteroatoms. The molecule has 0 radical (unpaired) electrons. The highest BCUT2D eigenvalue weighted by Crippen LogP contribution is 2.23. The van der Waals surface area contributed by atoms with Crippen LogP contribution >= 0.6 is 0 Å². The molecule has 6 nitrogen and oxygen atoms in total. The standard InChI is InChI=1S/C25H30N2O4/c1-7-12-27(16-19-10-8-18(4)9-11-19)25(29)23(17(2)3)26-24(28)20-13-21(30-5)15-22(14-20)31-6/h1,8-11,13-15,17,23H,12,16H2,2-6H3,(H,26,28). The lowest BCUT2D eigenvalue weighted by Crippen LogP contribution is -2.51. The lowest BCUT2D eigenvalue weighted by atomic mass is 10.0. The molecular formula is C25H30N2O4. The summed E-state index contributed by atoms with van der Waals surface area (Å²) >= 11 is 0.